The van der Waals surface area contributed by atoms with Gasteiger partial charge < -0.3 is 28.6 Å². The number of carbonyl (C=O) groups is 1. The number of aromatic nitrogens is 3. The van der Waals surface area contributed by atoms with Crippen LogP contribution >= 0.6 is 0 Å². The molecule has 1 aliphatic rings. The molecule has 0 radical (unpaired) electrons. The van der Waals surface area contributed by atoms with Crippen molar-refractivity contribution in [2.75, 3.05) is 27.4 Å². The zero-order chi connectivity index (χ0) is 20.9. The van der Waals surface area contributed by atoms with Crippen LogP contribution < -0.4 is 14.8 Å². The van der Waals surface area contributed by atoms with Gasteiger partial charge in [0.05, 0.1) is 20.3 Å². The minimum absolute atomic E-state index is 0.0948. The van der Waals surface area contributed by atoms with Crippen LogP contribution in [0.5, 0.6) is 11.5 Å². The third-order valence-electron chi connectivity index (χ3n) is 4.98. The molecule has 3 aromatic rings. The minimum Gasteiger partial charge on any atom is -0.493 e. The number of methoxy groups -OCH3 is 2. The minimum atomic E-state index is -0.0948. The number of ether oxygens (including phenoxy) is 3. The van der Waals surface area contributed by atoms with Gasteiger partial charge in [-0.15, -0.1) is 0 Å². The van der Waals surface area contributed by atoms with Crippen molar-refractivity contribution in [1.82, 2.24) is 20.0 Å². The first-order valence-electron chi connectivity index (χ1n) is 9.78. The van der Waals surface area contributed by atoms with Gasteiger partial charge in [-0.1, -0.05) is 5.16 Å². The molecule has 1 fully saturated rings. The lowest BCUT2D eigenvalue weighted by molar-refractivity contribution is -0.122. The number of nitrogens with zero attached hydrogens (tertiary/aromatic N) is 3. The van der Waals surface area contributed by atoms with Gasteiger partial charge in [0.15, 0.2) is 11.5 Å². The lowest BCUT2D eigenvalue weighted by atomic mass is 10.2. The van der Waals surface area contributed by atoms with E-state index in [4.69, 9.17) is 18.7 Å². The summed E-state index contributed by atoms with van der Waals surface area (Å²) >= 11 is 0. The van der Waals surface area contributed by atoms with Crippen LogP contribution in [0.15, 0.2) is 41.1 Å². The number of hydrogen-bond donors (Lipinski definition) is 1. The molecule has 0 spiro atoms. The monoisotopic (exact) mass is 412 g/mol. The predicted molar refractivity (Wildman–Crippen MR) is 108 cm³/mol. The van der Waals surface area contributed by atoms with Gasteiger partial charge in [-0.05, 0) is 43.2 Å². The second-order valence-corrected chi connectivity index (χ2v) is 6.95. The summed E-state index contributed by atoms with van der Waals surface area (Å²) in [5.74, 6) is 1.85. The summed E-state index contributed by atoms with van der Waals surface area (Å²) in [5.41, 5.74) is 1.40. The molecule has 4 rings (SSSR count). The lowest BCUT2D eigenvalue weighted by Gasteiger charge is -2.11. The van der Waals surface area contributed by atoms with Crippen LogP contribution in [0.3, 0.4) is 0 Å². The average Bonchev–Trinajstić information content (AvgIpc) is 3.53. The molecule has 1 amide bonds. The molecular formula is C21H24N4O5. The molecule has 30 heavy (non-hydrogen) atoms. The fourth-order valence-corrected chi connectivity index (χ4v) is 3.41. The Bertz CT molecular complexity index is 1010. The molecular weight excluding hydrogens is 388 g/mol. The molecule has 1 atom stereocenters. The molecule has 1 saturated heterocycles. The number of rotatable bonds is 8. The smallest absolute Gasteiger partial charge is 0.274 e. The van der Waals surface area contributed by atoms with Crippen LogP contribution in [0.1, 0.15) is 12.8 Å². The average molecular weight is 412 g/mol. The van der Waals surface area contributed by atoms with Gasteiger partial charge in [-0.3, -0.25) is 4.79 Å². The van der Waals surface area contributed by atoms with E-state index in [1.54, 1.807) is 37.1 Å². The highest BCUT2D eigenvalue weighted by molar-refractivity contribution is 5.76. The second kappa shape index (κ2) is 9.00. The molecule has 1 N–H and O–H groups in total. The summed E-state index contributed by atoms with van der Waals surface area (Å²) in [7, 11) is 3.15. The highest BCUT2D eigenvalue weighted by Crippen LogP contribution is 2.32. The van der Waals surface area contributed by atoms with E-state index < -0.39 is 0 Å². The summed E-state index contributed by atoms with van der Waals surface area (Å²) in [5, 5.41) is 6.99. The van der Waals surface area contributed by atoms with E-state index in [1.807, 2.05) is 18.2 Å². The molecule has 3 heterocycles. The molecule has 9 heteroatoms. The number of hydrogen-bond acceptors (Lipinski definition) is 7. The maximum atomic E-state index is 12.3. The Morgan fingerprint density at radius 3 is 2.90 bits per heavy atom. The maximum absolute atomic E-state index is 12.3. The van der Waals surface area contributed by atoms with Crippen LogP contribution in [0.25, 0.3) is 23.0 Å². The molecule has 0 unspecified atom stereocenters. The fraction of sp³-hybridized carbons (Fsp3) is 0.381. The first-order chi connectivity index (χ1) is 14.7. The van der Waals surface area contributed by atoms with Crippen LogP contribution in [-0.4, -0.2) is 54.1 Å². The van der Waals surface area contributed by atoms with E-state index in [0.717, 1.165) is 25.0 Å². The Morgan fingerprint density at radius 1 is 1.27 bits per heavy atom. The zero-order valence-corrected chi connectivity index (χ0v) is 17.0. The van der Waals surface area contributed by atoms with Crippen LogP contribution in [0.2, 0.25) is 0 Å². The Morgan fingerprint density at radius 2 is 2.13 bits per heavy atom. The van der Waals surface area contributed by atoms with Gasteiger partial charge in [0, 0.05) is 24.9 Å². The Labute approximate surface area is 173 Å². The highest BCUT2D eigenvalue weighted by Gasteiger charge is 2.19. The third kappa shape index (κ3) is 4.30. The first-order valence-corrected chi connectivity index (χ1v) is 9.78. The fourth-order valence-electron chi connectivity index (χ4n) is 3.41. The lowest BCUT2D eigenvalue weighted by Crippen LogP contribution is -2.34. The van der Waals surface area contributed by atoms with Crippen LogP contribution in [0, 0.1) is 0 Å². The van der Waals surface area contributed by atoms with E-state index in [9.17, 15) is 4.79 Å². The Kier molecular flexibility index (Phi) is 5.99. The van der Waals surface area contributed by atoms with Gasteiger partial charge in [-0.2, -0.15) is 4.98 Å². The molecule has 1 aromatic carbocycles. The number of carbonyl (C=O) groups excluding carboxylic acids is 1. The largest absolute Gasteiger partial charge is 0.493 e. The number of amides is 1. The summed E-state index contributed by atoms with van der Waals surface area (Å²) < 4.78 is 23.4. The van der Waals surface area contributed by atoms with E-state index in [0.29, 0.717) is 35.5 Å². The van der Waals surface area contributed by atoms with Crippen molar-refractivity contribution in [2.24, 2.45) is 0 Å². The summed E-state index contributed by atoms with van der Waals surface area (Å²) in [6.45, 7) is 1.45. The van der Waals surface area contributed by atoms with Crippen LogP contribution in [-0.2, 0) is 16.1 Å². The topological polar surface area (TPSA) is 101 Å². The Hall–Kier alpha value is -3.33. The van der Waals surface area contributed by atoms with Crippen molar-refractivity contribution in [3.8, 4) is 34.5 Å². The molecule has 1 aliphatic heterocycles. The standard InChI is InChI=1S/C21H24N4O5/c1-27-17-8-7-14(11-18(17)28-2)20-23-21(30-24-20)16-6-3-9-25(16)13-19(26)22-12-15-5-4-10-29-15/h3,6-9,11,15H,4-5,10,12-13H2,1-2H3,(H,22,26)/t15-/m1/s1. The highest BCUT2D eigenvalue weighted by atomic mass is 16.5. The molecule has 9 nitrogen and oxygen atoms in total. The maximum Gasteiger partial charge on any atom is 0.274 e. The van der Waals surface area contributed by atoms with Crippen molar-refractivity contribution >= 4 is 5.91 Å². The van der Waals surface area contributed by atoms with E-state index in [2.05, 4.69) is 15.5 Å². The van der Waals surface area contributed by atoms with E-state index in [-0.39, 0.29) is 18.6 Å². The van der Waals surface area contributed by atoms with E-state index >= 15 is 0 Å². The summed E-state index contributed by atoms with van der Waals surface area (Å²) in [6.07, 6.45) is 3.94. The first kappa shape index (κ1) is 20.0. The Balaban J connectivity index is 1.46. The SMILES string of the molecule is COc1ccc(-c2noc(-c3cccn3CC(=O)NC[C@H]3CCCO3)n2)cc1OC. The molecule has 158 valence electrons. The van der Waals surface area contributed by atoms with Crippen molar-refractivity contribution in [3.05, 3.63) is 36.5 Å². The van der Waals surface area contributed by atoms with Crippen molar-refractivity contribution in [2.45, 2.75) is 25.5 Å². The molecule has 0 aliphatic carbocycles. The molecule has 0 saturated carbocycles. The predicted octanol–water partition coefficient (Wildman–Crippen LogP) is 2.52. The van der Waals surface area contributed by atoms with Crippen molar-refractivity contribution < 1.29 is 23.5 Å². The van der Waals surface area contributed by atoms with Crippen molar-refractivity contribution in [3.63, 3.8) is 0 Å². The van der Waals surface area contributed by atoms with Gasteiger partial charge in [0.25, 0.3) is 5.89 Å². The number of benzene rings is 1. The van der Waals surface area contributed by atoms with Gasteiger partial charge in [-0.25, -0.2) is 0 Å². The normalized spacial score (nSPS) is 15.9. The van der Waals surface area contributed by atoms with Gasteiger partial charge in [0.2, 0.25) is 11.7 Å². The van der Waals surface area contributed by atoms with Crippen molar-refractivity contribution in [1.29, 1.82) is 0 Å². The third-order valence-corrected chi connectivity index (χ3v) is 4.98. The van der Waals surface area contributed by atoms with Gasteiger partial charge in [0.1, 0.15) is 12.2 Å². The second-order valence-electron chi connectivity index (χ2n) is 6.95. The zero-order valence-electron chi connectivity index (χ0n) is 17.0. The summed E-state index contributed by atoms with van der Waals surface area (Å²) in [4.78, 5) is 16.8. The van der Waals surface area contributed by atoms with Crippen LogP contribution in [0.4, 0.5) is 0 Å². The number of nitrogens with one attached hydrogen (secondary N) is 1. The summed E-state index contributed by atoms with van der Waals surface area (Å²) in [6, 6.07) is 9.06. The molecule has 2 aromatic heterocycles. The van der Waals surface area contributed by atoms with Gasteiger partial charge >= 0.3 is 0 Å². The van der Waals surface area contributed by atoms with E-state index in [1.165, 1.54) is 0 Å². The molecule has 0 bridgehead atoms. The quantitative estimate of drug-likeness (QED) is 0.607.